The highest BCUT2D eigenvalue weighted by molar-refractivity contribution is 14.0. The Kier molecular flexibility index (Phi) is 11.4. The molecule has 0 unspecified atom stereocenters. The number of methoxy groups -OCH3 is 3. The number of carbonyl (C=O) groups is 1. The van der Waals surface area contributed by atoms with E-state index in [1.165, 1.54) is 0 Å². The normalized spacial score (nSPS) is 10.5. The number of halogens is 1. The van der Waals surface area contributed by atoms with Crippen molar-refractivity contribution in [2.24, 2.45) is 4.99 Å². The van der Waals surface area contributed by atoms with Gasteiger partial charge in [-0.15, -0.1) is 24.0 Å². The lowest BCUT2D eigenvalue weighted by Gasteiger charge is -2.14. The predicted octanol–water partition coefficient (Wildman–Crippen LogP) is 2.31. The van der Waals surface area contributed by atoms with Gasteiger partial charge < -0.3 is 30.2 Å². The maximum atomic E-state index is 12.1. The number of hydrogen-bond acceptors (Lipinski definition) is 5. The van der Waals surface area contributed by atoms with Crippen molar-refractivity contribution < 1.29 is 19.0 Å². The van der Waals surface area contributed by atoms with Crippen LogP contribution in [0.2, 0.25) is 0 Å². The molecule has 0 aliphatic carbocycles. The van der Waals surface area contributed by atoms with Crippen molar-refractivity contribution in [3.05, 3.63) is 53.6 Å². The monoisotopic (exact) mass is 528 g/mol. The maximum absolute atomic E-state index is 12.1. The molecule has 9 heteroatoms. The van der Waals surface area contributed by atoms with E-state index in [0.29, 0.717) is 24.8 Å². The SMILES string of the molecule is CN=C(NCC(=O)NCc1ccc(OC)cc1)NCc1ccc(OC)cc1OC.I. The number of amides is 1. The molecule has 0 aromatic heterocycles. The fourth-order valence-electron chi connectivity index (χ4n) is 2.57. The first-order valence-corrected chi connectivity index (χ1v) is 9.14. The summed E-state index contributed by atoms with van der Waals surface area (Å²) in [4.78, 5) is 16.2. The number of benzene rings is 2. The molecule has 0 bridgehead atoms. The number of nitrogens with zero attached hydrogens (tertiary/aromatic N) is 1. The van der Waals surface area contributed by atoms with Gasteiger partial charge in [0.1, 0.15) is 17.2 Å². The third kappa shape index (κ3) is 7.97. The molecule has 30 heavy (non-hydrogen) atoms. The molecule has 8 nitrogen and oxygen atoms in total. The van der Waals surface area contributed by atoms with Gasteiger partial charge in [0.25, 0.3) is 0 Å². The van der Waals surface area contributed by atoms with Crippen molar-refractivity contribution in [1.29, 1.82) is 0 Å². The second-order valence-corrected chi connectivity index (χ2v) is 6.08. The zero-order valence-electron chi connectivity index (χ0n) is 17.7. The Balaban J connectivity index is 0.00000450. The Morgan fingerprint density at radius 3 is 2.13 bits per heavy atom. The number of aliphatic imine (C=N–C) groups is 1. The molecule has 164 valence electrons. The van der Waals surface area contributed by atoms with Crippen LogP contribution < -0.4 is 30.2 Å². The van der Waals surface area contributed by atoms with E-state index in [1.54, 1.807) is 28.4 Å². The maximum Gasteiger partial charge on any atom is 0.239 e. The smallest absolute Gasteiger partial charge is 0.239 e. The average molecular weight is 528 g/mol. The van der Waals surface area contributed by atoms with Crippen molar-refractivity contribution in [1.82, 2.24) is 16.0 Å². The van der Waals surface area contributed by atoms with Gasteiger partial charge >= 0.3 is 0 Å². The first-order chi connectivity index (χ1) is 14.1. The van der Waals surface area contributed by atoms with Crippen molar-refractivity contribution in [2.75, 3.05) is 34.9 Å². The molecule has 2 rings (SSSR count). The zero-order chi connectivity index (χ0) is 21.1. The Hall–Kier alpha value is -2.69. The summed E-state index contributed by atoms with van der Waals surface area (Å²) in [5.41, 5.74) is 1.94. The van der Waals surface area contributed by atoms with Crippen molar-refractivity contribution >= 4 is 35.8 Å². The number of nitrogens with one attached hydrogen (secondary N) is 3. The minimum atomic E-state index is -0.134. The summed E-state index contributed by atoms with van der Waals surface area (Å²) in [6.45, 7) is 1.04. The van der Waals surface area contributed by atoms with E-state index in [-0.39, 0.29) is 36.4 Å². The summed E-state index contributed by atoms with van der Waals surface area (Å²) in [7, 11) is 6.49. The van der Waals surface area contributed by atoms with E-state index in [2.05, 4.69) is 20.9 Å². The molecule has 1 amide bonds. The predicted molar refractivity (Wildman–Crippen MR) is 128 cm³/mol. The van der Waals surface area contributed by atoms with Crippen LogP contribution >= 0.6 is 24.0 Å². The van der Waals surface area contributed by atoms with E-state index < -0.39 is 0 Å². The van der Waals surface area contributed by atoms with E-state index in [9.17, 15) is 4.79 Å². The molecule has 0 saturated carbocycles. The van der Waals surface area contributed by atoms with Gasteiger partial charge in [0.05, 0.1) is 27.9 Å². The summed E-state index contributed by atoms with van der Waals surface area (Å²) in [5.74, 6) is 2.60. The number of hydrogen-bond donors (Lipinski definition) is 3. The largest absolute Gasteiger partial charge is 0.497 e. The first-order valence-electron chi connectivity index (χ1n) is 9.14. The number of carbonyl (C=O) groups excluding carboxylic acids is 1. The van der Waals surface area contributed by atoms with Crippen LogP contribution in [0.4, 0.5) is 0 Å². The molecule has 2 aromatic rings. The molecule has 0 atom stereocenters. The number of ether oxygens (including phenoxy) is 3. The van der Waals surface area contributed by atoms with Gasteiger partial charge in [-0.05, 0) is 29.8 Å². The summed E-state index contributed by atoms with van der Waals surface area (Å²) in [6, 6.07) is 13.1. The quantitative estimate of drug-likeness (QED) is 0.263. The fourth-order valence-corrected chi connectivity index (χ4v) is 2.57. The highest BCUT2D eigenvalue weighted by Gasteiger charge is 2.08. The molecular formula is C21H29IN4O4. The molecule has 0 aliphatic heterocycles. The minimum Gasteiger partial charge on any atom is -0.497 e. The van der Waals surface area contributed by atoms with Crippen LogP contribution in [0.3, 0.4) is 0 Å². The minimum absolute atomic E-state index is 0. The lowest BCUT2D eigenvalue weighted by atomic mass is 10.2. The summed E-state index contributed by atoms with van der Waals surface area (Å²) < 4.78 is 15.7. The summed E-state index contributed by atoms with van der Waals surface area (Å²) in [6.07, 6.45) is 0. The molecule has 0 fully saturated rings. The molecule has 0 heterocycles. The lowest BCUT2D eigenvalue weighted by Crippen LogP contribution is -2.42. The van der Waals surface area contributed by atoms with E-state index >= 15 is 0 Å². The molecule has 0 aliphatic rings. The Morgan fingerprint density at radius 2 is 1.53 bits per heavy atom. The Morgan fingerprint density at radius 1 is 0.867 bits per heavy atom. The topological polar surface area (TPSA) is 93.2 Å². The van der Waals surface area contributed by atoms with E-state index in [4.69, 9.17) is 14.2 Å². The summed E-state index contributed by atoms with van der Waals surface area (Å²) >= 11 is 0. The van der Waals surface area contributed by atoms with E-state index in [1.807, 2.05) is 42.5 Å². The highest BCUT2D eigenvalue weighted by Crippen LogP contribution is 2.24. The number of guanidine groups is 1. The van der Waals surface area contributed by atoms with Gasteiger partial charge in [-0.3, -0.25) is 9.79 Å². The van der Waals surface area contributed by atoms with Crippen LogP contribution in [0.1, 0.15) is 11.1 Å². The van der Waals surface area contributed by atoms with Gasteiger partial charge in [-0.2, -0.15) is 0 Å². The van der Waals surface area contributed by atoms with Crippen LogP contribution in [0, 0.1) is 0 Å². The van der Waals surface area contributed by atoms with Gasteiger partial charge in [-0.1, -0.05) is 12.1 Å². The molecule has 2 aromatic carbocycles. The first kappa shape index (κ1) is 25.3. The third-order valence-electron chi connectivity index (χ3n) is 4.23. The van der Waals surface area contributed by atoms with Crippen molar-refractivity contribution in [3.63, 3.8) is 0 Å². The Labute approximate surface area is 194 Å². The summed E-state index contributed by atoms with van der Waals surface area (Å²) in [5, 5.41) is 9.02. The van der Waals surface area contributed by atoms with Gasteiger partial charge in [-0.25, -0.2) is 0 Å². The van der Waals surface area contributed by atoms with Gasteiger partial charge in [0, 0.05) is 31.8 Å². The van der Waals surface area contributed by atoms with E-state index in [0.717, 1.165) is 22.6 Å². The van der Waals surface area contributed by atoms with Crippen molar-refractivity contribution in [3.8, 4) is 17.2 Å². The van der Waals surface area contributed by atoms with Gasteiger partial charge in [0.2, 0.25) is 5.91 Å². The molecular weight excluding hydrogens is 499 g/mol. The standard InChI is InChI=1S/C21H28N4O4.HI/c1-22-21(24-13-16-7-10-18(28-3)11-19(16)29-4)25-14-20(26)23-12-15-5-8-17(27-2)9-6-15;/h5-11H,12-14H2,1-4H3,(H,23,26)(H2,22,24,25);1H. The Bertz CT molecular complexity index is 828. The average Bonchev–Trinajstić information content (AvgIpc) is 2.78. The van der Waals surface area contributed by atoms with Crippen LogP contribution in [-0.4, -0.2) is 46.8 Å². The molecule has 0 spiro atoms. The van der Waals surface area contributed by atoms with Crippen LogP contribution in [0.25, 0.3) is 0 Å². The molecule has 3 N–H and O–H groups in total. The second kappa shape index (κ2) is 13.5. The molecule has 0 saturated heterocycles. The highest BCUT2D eigenvalue weighted by atomic mass is 127. The van der Waals surface area contributed by atoms with Crippen LogP contribution in [0.5, 0.6) is 17.2 Å². The van der Waals surface area contributed by atoms with Crippen LogP contribution in [0.15, 0.2) is 47.5 Å². The number of rotatable bonds is 9. The zero-order valence-corrected chi connectivity index (χ0v) is 20.0. The van der Waals surface area contributed by atoms with Gasteiger partial charge in [0.15, 0.2) is 5.96 Å². The second-order valence-electron chi connectivity index (χ2n) is 6.08. The lowest BCUT2D eigenvalue weighted by molar-refractivity contribution is -0.120. The fraction of sp³-hybridized carbons (Fsp3) is 0.333. The van der Waals surface area contributed by atoms with Crippen molar-refractivity contribution in [2.45, 2.75) is 13.1 Å². The van der Waals surface area contributed by atoms with Crippen LogP contribution in [-0.2, 0) is 17.9 Å². The molecule has 0 radical (unpaired) electrons. The third-order valence-corrected chi connectivity index (χ3v) is 4.23.